The lowest BCUT2D eigenvalue weighted by molar-refractivity contribution is 0.0955. The molecule has 0 saturated heterocycles. The highest BCUT2D eigenvalue weighted by molar-refractivity contribution is 5.95. The molecular formula is C11H15NO. The molecule has 2 nitrogen and oxygen atoms in total. The summed E-state index contributed by atoms with van der Waals surface area (Å²) in [5.74, 6) is 0.0139. The molecule has 0 aliphatic rings. The number of amides is 1. The quantitative estimate of drug-likeness (QED) is 0.736. The average Bonchev–Trinajstić information content (AvgIpc) is 2.04. The number of carbonyl (C=O) groups excluding carboxylic acids is 1. The van der Waals surface area contributed by atoms with Crippen molar-refractivity contribution in [1.29, 1.82) is 0 Å². The Bertz CT molecular complexity index is 318. The molecule has 0 saturated carbocycles. The van der Waals surface area contributed by atoms with Gasteiger partial charge in [0.25, 0.3) is 5.91 Å². The van der Waals surface area contributed by atoms with E-state index in [1.807, 2.05) is 39.0 Å². The third-order valence-corrected chi connectivity index (χ3v) is 1.96. The molecule has 0 bridgehead atoms. The molecule has 0 heterocycles. The maximum atomic E-state index is 11.5. The maximum Gasteiger partial charge on any atom is 0.251 e. The average molecular weight is 177 g/mol. The van der Waals surface area contributed by atoms with Crippen LogP contribution in [-0.4, -0.2) is 12.5 Å². The summed E-state index contributed by atoms with van der Waals surface area (Å²) in [6.07, 6.45) is 0. The molecule has 2 heteroatoms. The molecule has 1 aromatic rings. The first-order chi connectivity index (χ1) is 6.15. The van der Waals surface area contributed by atoms with Gasteiger partial charge in [-0.3, -0.25) is 4.79 Å². The Morgan fingerprint density at radius 1 is 1.38 bits per heavy atom. The fourth-order valence-electron chi connectivity index (χ4n) is 1.32. The second-order valence-corrected chi connectivity index (χ2v) is 3.18. The van der Waals surface area contributed by atoms with Crippen LogP contribution in [0, 0.1) is 13.8 Å². The molecule has 0 radical (unpaired) electrons. The van der Waals surface area contributed by atoms with E-state index < -0.39 is 0 Å². The van der Waals surface area contributed by atoms with E-state index in [0.717, 1.165) is 11.1 Å². The first-order valence-corrected chi connectivity index (χ1v) is 4.50. The van der Waals surface area contributed by atoms with E-state index in [1.54, 1.807) is 0 Å². The third kappa shape index (κ3) is 2.31. The van der Waals surface area contributed by atoms with Crippen LogP contribution in [0.1, 0.15) is 28.4 Å². The molecule has 13 heavy (non-hydrogen) atoms. The maximum absolute atomic E-state index is 11.5. The van der Waals surface area contributed by atoms with Crippen molar-refractivity contribution in [1.82, 2.24) is 5.32 Å². The Balaban J connectivity index is 2.95. The normalized spacial score (nSPS) is 9.77. The highest BCUT2D eigenvalue weighted by atomic mass is 16.1. The number of benzene rings is 1. The van der Waals surface area contributed by atoms with Gasteiger partial charge in [-0.15, -0.1) is 0 Å². The van der Waals surface area contributed by atoms with Gasteiger partial charge in [0, 0.05) is 12.1 Å². The summed E-state index contributed by atoms with van der Waals surface area (Å²) in [6, 6.07) is 5.85. The zero-order valence-electron chi connectivity index (χ0n) is 8.35. The van der Waals surface area contributed by atoms with E-state index in [4.69, 9.17) is 0 Å². The van der Waals surface area contributed by atoms with E-state index in [0.29, 0.717) is 6.54 Å². The molecule has 0 atom stereocenters. The first kappa shape index (κ1) is 9.78. The van der Waals surface area contributed by atoms with Crippen LogP contribution < -0.4 is 5.32 Å². The summed E-state index contributed by atoms with van der Waals surface area (Å²) in [5.41, 5.74) is 2.99. The van der Waals surface area contributed by atoms with Crippen molar-refractivity contribution in [2.24, 2.45) is 0 Å². The molecule has 1 N–H and O–H groups in total. The van der Waals surface area contributed by atoms with E-state index in [-0.39, 0.29) is 5.91 Å². The van der Waals surface area contributed by atoms with E-state index in [2.05, 4.69) is 5.32 Å². The van der Waals surface area contributed by atoms with Crippen LogP contribution in [0.3, 0.4) is 0 Å². The van der Waals surface area contributed by atoms with Crippen molar-refractivity contribution in [2.45, 2.75) is 20.8 Å². The summed E-state index contributed by atoms with van der Waals surface area (Å²) in [5, 5.41) is 2.78. The number of carbonyl (C=O) groups is 1. The van der Waals surface area contributed by atoms with Crippen molar-refractivity contribution >= 4 is 5.91 Å². The lowest BCUT2D eigenvalue weighted by Gasteiger charge is -2.06. The smallest absolute Gasteiger partial charge is 0.251 e. The lowest BCUT2D eigenvalue weighted by atomic mass is 10.1. The predicted molar refractivity (Wildman–Crippen MR) is 53.9 cm³/mol. The number of aryl methyl sites for hydroxylation is 2. The van der Waals surface area contributed by atoms with Gasteiger partial charge in [-0.1, -0.05) is 17.7 Å². The molecule has 1 rings (SSSR count). The number of hydrogen-bond acceptors (Lipinski definition) is 1. The predicted octanol–water partition coefficient (Wildman–Crippen LogP) is 2.05. The molecule has 0 unspecified atom stereocenters. The minimum atomic E-state index is 0.0139. The van der Waals surface area contributed by atoms with Crippen LogP contribution in [0.4, 0.5) is 0 Å². The van der Waals surface area contributed by atoms with Gasteiger partial charge in [0.1, 0.15) is 0 Å². The summed E-state index contributed by atoms with van der Waals surface area (Å²) in [7, 11) is 0. The second kappa shape index (κ2) is 4.08. The summed E-state index contributed by atoms with van der Waals surface area (Å²) < 4.78 is 0. The summed E-state index contributed by atoms with van der Waals surface area (Å²) >= 11 is 0. The Morgan fingerprint density at radius 3 is 2.62 bits per heavy atom. The highest BCUT2D eigenvalue weighted by Crippen LogP contribution is 2.09. The lowest BCUT2D eigenvalue weighted by Crippen LogP contribution is -2.23. The molecule has 70 valence electrons. The second-order valence-electron chi connectivity index (χ2n) is 3.18. The van der Waals surface area contributed by atoms with Gasteiger partial charge in [-0.05, 0) is 32.4 Å². The third-order valence-electron chi connectivity index (χ3n) is 1.96. The van der Waals surface area contributed by atoms with Crippen LogP contribution >= 0.6 is 0 Å². The van der Waals surface area contributed by atoms with E-state index >= 15 is 0 Å². The summed E-state index contributed by atoms with van der Waals surface area (Å²) in [6.45, 7) is 6.57. The number of nitrogens with one attached hydrogen (secondary N) is 1. The molecule has 0 aliphatic heterocycles. The van der Waals surface area contributed by atoms with Gasteiger partial charge in [-0.25, -0.2) is 0 Å². The van der Waals surface area contributed by atoms with E-state index in [1.165, 1.54) is 5.56 Å². The van der Waals surface area contributed by atoms with Crippen molar-refractivity contribution in [2.75, 3.05) is 6.54 Å². The van der Waals surface area contributed by atoms with Gasteiger partial charge in [0.15, 0.2) is 0 Å². The highest BCUT2D eigenvalue weighted by Gasteiger charge is 2.06. The molecule has 0 aromatic heterocycles. The molecular weight excluding hydrogens is 162 g/mol. The minimum Gasteiger partial charge on any atom is -0.352 e. The topological polar surface area (TPSA) is 29.1 Å². The van der Waals surface area contributed by atoms with Crippen LogP contribution in [-0.2, 0) is 0 Å². The van der Waals surface area contributed by atoms with E-state index in [9.17, 15) is 4.79 Å². The fourth-order valence-corrected chi connectivity index (χ4v) is 1.32. The molecule has 0 aliphatic carbocycles. The van der Waals surface area contributed by atoms with Crippen molar-refractivity contribution in [3.63, 3.8) is 0 Å². The van der Waals surface area contributed by atoms with Crippen molar-refractivity contribution in [3.8, 4) is 0 Å². The first-order valence-electron chi connectivity index (χ1n) is 4.50. The van der Waals surface area contributed by atoms with Crippen molar-refractivity contribution < 1.29 is 4.79 Å². The Morgan fingerprint density at radius 2 is 2.08 bits per heavy atom. The van der Waals surface area contributed by atoms with Crippen molar-refractivity contribution in [3.05, 3.63) is 34.9 Å². The Labute approximate surface area is 79.0 Å². The zero-order valence-corrected chi connectivity index (χ0v) is 8.35. The van der Waals surface area contributed by atoms with Crippen LogP contribution in [0.2, 0.25) is 0 Å². The standard InChI is InChI=1S/C11H15NO/c1-4-12-11(13)10-6-5-8(2)7-9(10)3/h5-7H,4H2,1-3H3,(H,12,13). The minimum absolute atomic E-state index is 0.0139. The number of rotatable bonds is 2. The molecule has 0 spiro atoms. The molecule has 1 aromatic carbocycles. The SMILES string of the molecule is CCNC(=O)c1ccc(C)cc1C. The summed E-state index contributed by atoms with van der Waals surface area (Å²) in [4.78, 5) is 11.5. The van der Waals surface area contributed by atoms with Gasteiger partial charge < -0.3 is 5.32 Å². The van der Waals surface area contributed by atoms with Gasteiger partial charge >= 0.3 is 0 Å². The van der Waals surface area contributed by atoms with Gasteiger partial charge in [0.2, 0.25) is 0 Å². The largest absolute Gasteiger partial charge is 0.352 e. The zero-order chi connectivity index (χ0) is 9.84. The van der Waals surface area contributed by atoms with Gasteiger partial charge in [-0.2, -0.15) is 0 Å². The molecule has 0 fully saturated rings. The van der Waals surface area contributed by atoms with Crippen LogP contribution in [0.25, 0.3) is 0 Å². The fraction of sp³-hybridized carbons (Fsp3) is 0.364. The Kier molecular flexibility index (Phi) is 3.07. The Hall–Kier alpha value is -1.31. The molecule has 1 amide bonds. The monoisotopic (exact) mass is 177 g/mol. The van der Waals surface area contributed by atoms with Crippen LogP contribution in [0.5, 0.6) is 0 Å². The number of hydrogen-bond donors (Lipinski definition) is 1. The van der Waals surface area contributed by atoms with Crippen LogP contribution in [0.15, 0.2) is 18.2 Å². The van der Waals surface area contributed by atoms with Gasteiger partial charge in [0.05, 0.1) is 0 Å².